The Morgan fingerprint density at radius 1 is 1.53 bits per heavy atom. The van der Waals surface area contributed by atoms with Crippen LogP contribution >= 0.6 is 15.9 Å². The van der Waals surface area contributed by atoms with Crippen LogP contribution in [0.3, 0.4) is 0 Å². The zero-order valence-electron chi connectivity index (χ0n) is 9.33. The third kappa shape index (κ3) is 3.03. The lowest BCUT2D eigenvalue weighted by molar-refractivity contribution is 0.0929. The standard InChI is InChI=1S/C12H14BrFN2O/c13-5-8-2-1-3-11(8)16-12(17)9-4-10(14)7-15-6-9/h4,6-8,11H,1-3,5H2,(H,16,17). The van der Waals surface area contributed by atoms with Gasteiger partial charge in [0.15, 0.2) is 0 Å². The molecule has 1 fully saturated rings. The van der Waals surface area contributed by atoms with E-state index in [2.05, 4.69) is 26.2 Å². The number of alkyl halides is 1. The molecule has 0 spiro atoms. The summed E-state index contributed by atoms with van der Waals surface area (Å²) in [5.41, 5.74) is 0.283. The Labute approximate surface area is 108 Å². The molecule has 1 N–H and O–H groups in total. The van der Waals surface area contributed by atoms with Crippen LogP contribution in [-0.2, 0) is 0 Å². The number of halogens is 2. The fraction of sp³-hybridized carbons (Fsp3) is 0.500. The number of carbonyl (C=O) groups is 1. The summed E-state index contributed by atoms with van der Waals surface area (Å²) < 4.78 is 12.9. The topological polar surface area (TPSA) is 42.0 Å². The fourth-order valence-corrected chi connectivity index (χ4v) is 2.97. The van der Waals surface area contributed by atoms with Crippen molar-refractivity contribution in [3.05, 3.63) is 29.8 Å². The second-order valence-corrected chi connectivity index (χ2v) is 4.96. The first-order chi connectivity index (χ1) is 8.20. The van der Waals surface area contributed by atoms with Gasteiger partial charge >= 0.3 is 0 Å². The smallest absolute Gasteiger partial charge is 0.253 e. The number of pyridine rings is 1. The van der Waals surface area contributed by atoms with Crippen molar-refractivity contribution in [2.45, 2.75) is 25.3 Å². The molecule has 5 heteroatoms. The van der Waals surface area contributed by atoms with E-state index < -0.39 is 5.82 Å². The van der Waals surface area contributed by atoms with E-state index in [-0.39, 0.29) is 17.5 Å². The van der Waals surface area contributed by atoms with Gasteiger partial charge in [-0.2, -0.15) is 0 Å². The zero-order valence-corrected chi connectivity index (χ0v) is 10.9. The lowest BCUT2D eigenvalue weighted by Gasteiger charge is -2.18. The third-order valence-electron chi connectivity index (χ3n) is 3.14. The molecule has 2 unspecified atom stereocenters. The molecule has 0 aliphatic heterocycles. The van der Waals surface area contributed by atoms with Crippen molar-refractivity contribution in [1.82, 2.24) is 10.3 Å². The molecule has 1 saturated carbocycles. The van der Waals surface area contributed by atoms with E-state index in [0.29, 0.717) is 5.92 Å². The van der Waals surface area contributed by atoms with Gasteiger partial charge in [0.25, 0.3) is 5.91 Å². The number of nitrogens with one attached hydrogen (secondary N) is 1. The highest BCUT2D eigenvalue weighted by molar-refractivity contribution is 9.09. The molecule has 0 saturated heterocycles. The van der Waals surface area contributed by atoms with E-state index >= 15 is 0 Å². The van der Waals surface area contributed by atoms with Crippen molar-refractivity contribution in [1.29, 1.82) is 0 Å². The Morgan fingerprint density at radius 2 is 2.35 bits per heavy atom. The largest absolute Gasteiger partial charge is 0.349 e. The van der Waals surface area contributed by atoms with Crippen LogP contribution in [0.4, 0.5) is 4.39 Å². The first kappa shape index (κ1) is 12.5. The molecule has 1 aromatic heterocycles. The summed E-state index contributed by atoms with van der Waals surface area (Å²) in [7, 11) is 0. The van der Waals surface area contributed by atoms with Crippen LogP contribution in [0.2, 0.25) is 0 Å². The highest BCUT2D eigenvalue weighted by Gasteiger charge is 2.27. The Balaban J connectivity index is 2.01. The Hall–Kier alpha value is -0.970. The highest BCUT2D eigenvalue weighted by atomic mass is 79.9. The van der Waals surface area contributed by atoms with Gasteiger partial charge in [0.05, 0.1) is 11.8 Å². The van der Waals surface area contributed by atoms with E-state index in [9.17, 15) is 9.18 Å². The van der Waals surface area contributed by atoms with Crippen LogP contribution in [0.15, 0.2) is 18.5 Å². The van der Waals surface area contributed by atoms with Crippen molar-refractivity contribution in [3.8, 4) is 0 Å². The zero-order chi connectivity index (χ0) is 12.3. The van der Waals surface area contributed by atoms with Crippen LogP contribution in [0, 0.1) is 11.7 Å². The summed E-state index contributed by atoms with van der Waals surface area (Å²) in [4.78, 5) is 15.6. The van der Waals surface area contributed by atoms with Gasteiger partial charge in [-0.3, -0.25) is 9.78 Å². The van der Waals surface area contributed by atoms with Gasteiger partial charge in [-0.05, 0) is 24.8 Å². The van der Waals surface area contributed by atoms with Gasteiger partial charge in [-0.15, -0.1) is 0 Å². The van der Waals surface area contributed by atoms with Crippen molar-refractivity contribution in [2.24, 2.45) is 5.92 Å². The maximum Gasteiger partial charge on any atom is 0.253 e. The molecule has 1 heterocycles. The first-order valence-corrected chi connectivity index (χ1v) is 6.80. The summed E-state index contributed by atoms with van der Waals surface area (Å²) in [6.45, 7) is 0. The quantitative estimate of drug-likeness (QED) is 0.872. The maximum absolute atomic E-state index is 12.9. The summed E-state index contributed by atoms with van der Waals surface area (Å²) in [6, 6.07) is 1.39. The number of nitrogens with zero attached hydrogens (tertiary/aromatic N) is 1. The minimum atomic E-state index is -0.485. The summed E-state index contributed by atoms with van der Waals surface area (Å²) in [5.74, 6) is -0.253. The molecule has 1 aliphatic carbocycles. The lowest BCUT2D eigenvalue weighted by Crippen LogP contribution is -2.37. The molecule has 92 valence electrons. The van der Waals surface area contributed by atoms with E-state index in [1.54, 1.807) is 0 Å². The predicted molar refractivity (Wildman–Crippen MR) is 66.6 cm³/mol. The monoisotopic (exact) mass is 300 g/mol. The highest BCUT2D eigenvalue weighted by Crippen LogP contribution is 2.27. The molecule has 2 rings (SSSR count). The molecule has 0 bridgehead atoms. The minimum Gasteiger partial charge on any atom is -0.349 e. The number of carbonyl (C=O) groups excluding carboxylic acids is 1. The fourth-order valence-electron chi connectivity index (χ4n) is 2.20. The molecular weight excluding hydrogens is 287 g/mol. The molecule has 0 radical (unpaired) electrons. The van der Waals surface area contributed by atoms with Crippen LogP contribution in [0.1, 0.15) is 29.6 Å². The Morgan fingerprint density at radius 3 is 3.06 bits per heavy atom. The average Bonchev–Trinajstić information content (AvgIpc) is 2.76. The number of rotatable bonds is 3. The van der Waals surface area contributed by atoms with Crippen LogP contribution in [0.5, 0.6) is 0 Å². The molecule has 2 atom stereocenters. The lowest BCUT2D eigenvalue weighted by atomic mass is 10.1. The number of hydrogen-bond donors (Lipinski definition) is 1. The SMILES string of the molecule is O=C(NC1CCCC1CBr)c1cncc(F)c1. The molecule has 1 amide bonds. The molecular formula is C12H14BrFN2O. The van der Waals surface area contributed by atoms with Gasteiger partial charge < -0.3 is 5.32 Å². The van der Waals surface area contributed by atoms with Crippen molar-refractivity contribution < 1.29 is 9.18 Å². The Kier molecular flexibility index (Phi) is 4.10. The average molecular weight is 301 g/mol. The van der Waals surface area contributed by atoms with Crippen LogP contribution in [0.25, 0.3) is 0 Å². The van der Waals surface area contributed by atoms with Gasteiger partial charge in [-0.25, -0.2) is 4.39 Å². The van der Waals surface area contributed by atoms with Gasteiger partial charge in [0, 0.05) is 17.6 Å². The summed E-state index contributed by atoms with van der Waals surface area (Å²) in [6.07, 6.45) is 5.72. The van der Waals surface area contributed by atoms with Gasteiger partial charge in [0.2, 0.25) is 0 Å². The normalized spacial score (nSPS) is 23.6. The number of hydrogen-bond acceptors (Lipinski definition) is 2. The second kappa shape index (κ2) is 5.58. The summed E-state index contributed by atoms with van der Waals surface area (Å²) in [5, 5.41) is 3.84. The third-order valence-corrected chi connectivity index (χ3v) is 3.97. The molecule has 17 heavy (non-hydrogen) atoms. The van der Waals surface area contributed by atoms with Crippen LogP contribution in [-0.4, -0.2) is 22.3 Å². The number of amides is 1. The minimum absolute atomic E-state index is 0.185. The molecule has 0 aromatic carbocycles. The Bertz CT molecular complexity index is 413. The van der Waals surface area contributed by atoms with Gasteiger partial charge in [-0.1, -0.05) is 22.4 Å². The van der Waals surface area contributed by atoms with Crippen molar-refractivity contribution in [2.75, 3.05) is 5.33 Å². The summed E-state index contributed by atoms with van der Waals surface area (Å²) >= 11 is 3.45. The first-order valence-electron chi connectivity index (χ1n) is 5.68. The van der Waals surface area contributed by atoms with E-state index in [4.69, 9.17) is 0 Å². The van der Waals surface area contributed by atoms with Crippen molar-refractivity contribution >= 4 is 21.8 Å². The number of aromatic nitrogens is 1. The van der Waals surface area contributed by atoms with E-state index in [0.717, 1.165) is 30.8 Å². The van der Waals surface area contributed by atoms with Crippen molar-refractivity contribution in [3.63, 3.8) is 0 Å². The molecule has 1 aliphatic rings. The van der Waals surface area contributed by atoms with E-state index in [1.165, 1.54) is 12.3 Å². The molecule has 1 aromatic rings. The van der Waals surface area contributed by atoms with Crippen LogP contribution < -0.4 is 5.32 Å². The second-order valence-electron chi connectivity index (χ2n) is 4.32. The molecule has 3 nitrogen and oxygen atoms in total. The maximum atomic E-state index is 12.9. The van der Waals surface area contributed by atoms with E-state index in [1.807, 2.05) is 0 Å². The van der Waals surface area contributed by atoms with Gasteiger partial charge in [0.1, 0.15) is 5.82 Å². The predicted octanol–water partition coefficient (Wildman–Crippen LogP) is 2.51.